The van der Waals surface area contributed by atoms with Crippen molar-refractivity contribution in [3.8, 4) is 23.0 Å². The molecule has 0 fully saturated rings. The van der Waals surface area contributed by atoms with Gasteiger partial charge in [-0.3, -0.25) is 0 Å². The van der Waals surface area contributed by atoms with Crippen LogP contribution in [0, 0.1) is 0 Å². The maximum absolute atomic E-state index is 14.7. The molecule has 0 aliphatic carbocycles. The number of rotatable bonds is 8. The Labute approximate surface area is 228 Å². The third-order valence-electron chi connectivity index (χ3n) is 6.02. The molecule has 0 spiro atoms. The molecule has 0 amide bonds. The lowest BCUT2D eigenvalue weighted by molar-refractivity contribution is -0.288. The fraction of sp³-hybridized carbons (Fsp3) is 0.103. The van der Waals surface area contributed by atoms with Gasteiger partial charge < -0.3 is 19.7 Å². The summed E-state index contributed by atoms with van der Waals surface area (Å²) in [6.07, 6.45) is -11.8. The first-order valence-corrected chi connectivity index (χ1v) is 11.6. The maximum atomic E-state index is 14.7. The molecule has 4 aromatic rings. The molecule has 0 unspecified atom stereocenters. The number of carboxylic acid groups (broad SMARTS) is 2. The van der Waals surface area contributed by atoms with E-state index in [-0.39, 0.29) is 22.6 Å². The summed E-state index contributed by atoms with van der Waals surface area (Å²) in [7, 11) is 0. The second kappa shape index (κ2) is 10.9. The first kappa shape index (κ1) is 29.0. The quantitative estimate of drug-likeness (QED) is 0.206. The van der Waals surface area contributed by atoms with Gasteiger partial charge in [-0.25, -0.2) is 9.59 Å². The van der Waals surface area contributed by atoms with Crippen molar-refractivity contribution in [1.29, 1.82) is 0 Å². The lowest BCUT2D eigenvalue weighted by Crippen LogP contribution is -2.54. The average molecular weight is 576 g/mol. The minimum absolute atomic E-state index is 0.120. The molecule has 12 heteroatoms. The Morgan fingerprint density at radius 2 is 0.829 bits per heavy atom. The number of alkyl halides is 6. The molecule has 4 rings (SSSR count). The van der Waals surface area contributed by atoms with E-state index in [1.54, 1.807) is 0 Å². The molecule has 6 nitrogen and oxygen atoms in total. The van der Waals surface area contributed by atoms with E-state index in [1.165, 1.54) is 36.4 Å². The smallest absolute Gasteiger partial charge is 0.411 e. The molecule has 4 aromatic carbocycles. The zero-order valence-electron chi connectivity index (χ0n) is 20.5. The molecule has 0 heterocycles. The van der Waals surface area contributed by atoms with Gasteiger partial charge in [0, 0.05) is 0 Å². The largest absolute Gasteiger partial charge is 0.478 e. The molecule has 0 aliphatic rings. The molecule has 0 radical (unpaired) electrons. The van der Waals surface area contributed by atoms with Crippen LogP contribution in [-0.4, -0.2) is 34.5 Å². The number of hydrogen-bond acceptors (Lipinski definition) is 4. The van der Waals surface area contributed by atoms with Gasteiger partial charge in [0.2, 0.25) is 5.41 Å². The number of hydrogen-bond donors (Lipinski definition) is 2. The van der Waals surface area contributed by atoms with Gasteiger partial charge in [0.25, 0.3) is 0 Å². The minimum Gasteiger partial charge on any atom is -0.478 e. The molecule has 0 saturated carbocycles. The summed E-state index contributed by atoms with van der Waals surface area (Å²) in [5.74, 6) is -3.67. The Kier molecular flexibility index (Phi) is 7.69. The van der Waals surface area contributed by atoms with Crippen LogP contribution in [0.1, 0.15) is 31.8 Å². The van der Waals surface area contributed by atoms with Gasteiger partial charge in [0.15, 0.2) is 0 Å². The van der Waals surface area contributed by atoms with Gasteiger partial charge in [-0.05, 0) is 71.8 Å². The van der Waals surface area contributed by atoms with Gasteiger partial charge >= 0.3 is 24.3 Å². The summed E-state index contributed by atoms with van der Waals surface area (Å²) in [4.78, 5) is 22.4. The van der Waals surface area contributed by atoms with Crippen LogP contribution in [0.3, 0.4) is 0 Å². The van der Waals surface area contributed by atoms with E-state index < -0.39 is 52.3 Å². The molecule has 0 aromatic heterocycles. The van der Waals surface area contributed by atoms with Crippen LogP contribution in [0.25, 0.3) is 0 Å². The standard InChI is InChI=1S/C29H18F6O6/c30-28(31,32)27(29(33,34)35,19-7-3-11-23(15-19)40-21-9-1-5-17(13-21)25(36)37)20-8-4-12-24(16-20)41-22-10-2-6-18(14-22)26(38)39/h1-16H,(H,36,37)(H,38,39). The van der Waals surface area contributed by atoms with Crippen molar-refractivity contribution in [3.05, 3.63) is 119 Å². The van der Waals surface area contributed by atoms with Crippen molar-refractivity contribution < 1.29 is 55.6 Å². The predicted molar refractivity (Wildman–Crippen MR) is 133 cm³/mol. The van der Waals surface area contributed by atoms with Crippen molar-refractivity contribution in [2.45, 2.75) is 17.8 Å². The molecule has 41 heavy (non-hydrogen) atoms. The van der Waals surface area contributed by atoms with E-state index in [4.69, 9.17) is 19.7 Å². The highest BCUT2D eigenvalue weighted by Crippen LogP contribution is 2.57. The minimum atomic E-state index is -5.91. The zero-order valence-corrected chi connectivity index (χ0v) is 20.5. The van der Waals surface area contributed by atoms with Crippen molar-refractivity contribution in [2.24, 2.45) is 0 Å². The molecule has 0 bridgehead atoms. The van der Waals surface area contributed by atoms with Crippen LogP contribution < -0.4 is 9.47 Å². The normalized spacial score (nSPS) is 12.0. The second-order valence-electron chi connectivity index (χ2n) is 8.67. The van der Waals surface area contributed by atoms with Crippen LogP contribution in [0.15, 0.2) is 97.1 Å². The van der Waals surface area contributed by atoms with Crippen LogP contribution in [0.4, 0.5) is 26.3 Å². The van der Waals surface area contributed by atoms with Crippen molar-refractivity contribution in [3.63, 3.8) is 0 Å². The first-order valence-electron chi connectivity index (χ1n) is 11.6. The average Bonchev–Trinajstić information content (AvgIpc) is 2.88. The molecule has 0 atom stereocenters. The highest BCUT2D eigenvalue weighted by Gasteiger charge is 2.72. The summed E-state index contributed by atoms with van der Waals surface area (Å²) in [6, 6.07) is 16.4. The van der Waals surface area contributed by atoms with E-state index >= 15 is 0 Å². The van der Waals surface area contributed by atoms with Crippen LogP contribution in [-0.2, 0) is 5.41 Å². The number of aromatic carboxylic acids is 2. The third-order valence-corrected chi connectivity index (χ3v) is 6.02. The highest BCUT2D eigenvalue weighted by molar-refractivity contribution is 5.88. The number of carbonyl (C=O) groups is 2. The third kappa shape index (κ3) is 5.81. The summed E-state index contributed by atoms with van der Waals surface area (Å²) in [6.45, 7) is 0. The summed E-state index contributed by atoms with van der Waals surface area (Å²) >= 11 is 0. The number of ether oxygens (including phenoxy) is 2. The van der Waals surface area contributed by atoms with Gasteiger partial charge in [0.05, 0.1) is 11.1 Å². The van der Waals surface area contributed by atoms with Crippen LogP contribution in [0.5, 0.6) is 23.0 Å². The van der Waals surface area contributed by atoms with Crippen LogP contribution in [0.2, 0.25) is 0 Å². The Morgan fingerprint density at radius 3 is 1.15 bits per heavy atom. The topological polar surface area (TPSA) is 93.1 Å². The summed E-state index contributed by atoms with van der Waals surface area (Å²) < 4.78 is 99.1. The van der Waals surface area contributed by atoms with Crippen molar-refractivity contribution in [1.82, 2.24) is 0 Å². The van der Waals surface area contributed by atoms with Gasteiger partial charge in [0.1, 0.15) is 23.0 Å². The molecule has 2 N–H and O–H groups in total. The number of carboxylic acids is 2. The SMILES string of the molecule is O=C(O)c1cccc(Oc2cccc(C(c3cccc(Oc4cccc(C(=O)O)c4)c3)(C(F)(F)F)C(F)(F)F)c2)c1. The predicted octanol–water partition coefficient (Wildman–Crippen LogP) is 8.08. The molecule has 0 saturated heterocycles. The first-order chi connectivity index (χ1) is 19.2. The highest BCUT2D eigenvalue weighted by atomic mass is 19.4. The van der Waals surface area contributed by atoms with E-state index in [2.05, 4.69) is 0 Å². The second-order valence-corrected chi connectivity index (χ2v) is 8.67. The number of benzene rings is 4. The monoisotopic (exact) mass is 576 g/mol. The van der Waals surface area contributed by atoms with E-state index in [0.29, 0.717) is 24.3 Å². The Morgan fingerprint density at radius 1 is 0.512 bits per heavy atom. The molecular weight excluding hydrogens is 558 g/mol. The van der Waals surface area contributed by atoms with Crippen molar-refractivity contribution in [2.75, 3.05) is 0 Å². The van der Waals surface area contributed by atoms with Gasteiger partial charge in [-0.2, -0.15) is 26.3 Å². The van der Waals surface area contributed by atoms with Crippen LogP contribution >= 0.6 is 0 Å². The Balaban J connectivity index is 1.83. The maximum Gasteiger partial charge on any atom is 0.411 e. The Hall–Kier alpha value is -5.00. The summed E-state index contributed by atoms with van der Waals surface area (Å²) in [5, 5.41) is 18.3. The lowest BCUT2D eigenvalue weighted by Gasteiger charge is -2.38. The fourth-order valence-corrected chi connectivity index (χ4v) is 4.23. The van der Waals surface area contributed by atoms with E-state index in [9.17, 15) is 35.9 Å². The Bertz CT molecular complexity index is 1480. The van der Waals surface area contributed by atoms with Gasteiger partial charge in [-0.15, -0.1) is 0 Å². The molecule has 0 aliphatic heterocycles. The fourth-order valence-electron chi connectivity index (χ4n) is 4.23. The van der Waals surface area contributed by atoms with E-state index in [0.717, 1.165) is 36.4 Å². The number of halogens is 6. The van der Waals surface area contributed by atoms with Crippen molar-refractivity contribution >= 4 is 11.9 Å². The lowest BCUT2D eigenvalue weighted by atomic mass is 9.73. The summed E-state index contributed by atoms with van der Waals surface area (Å²) in [5.41, 5.74) is -7.37. The zero-order chi connectivity index (χ0) is 30.0. The molecular formula is C29H18F6O6. The van der Waals surface area contributed by atoms with E-state index in [1.807, 2.05) is 0 Å². The van der Waals surface area contributed by atoms with Gasteiger partial charge in [-0.1, -0.05) is 36.4 Å². The molecule has 212 valence electrons.